The number of rotatable bonds is 3. The normalized spacial score (nSPS) is 23.1. The minimum absolute atomic E-state index is 0.490. The fourth-order valence-electron chi connectivity index (χ4n) is 2.85. The fraction of sp³-hybridized carbons (Fsp3) is 0.467. The highest BCUT2D eigenvalue weighted by molar-refractivity contribution is 5.73. The molecule has 1 aliphatic rings. The quantitative estimate of drug-likeness (QED) is 0.927. The maximum absolute atomic E-state index is 4.21. The van der Waals surface area contributed by atoms with E-state index in [0.29, 0.717) is 12.1 Å². The number of nitrogens with zero attached hydrogens (tertiary/aromatic N) is 4. The number of likely N-dealkylation sites (N-methyl/N-ethyl adjacent to an activating group) is 1. The lowest BCUT2D eigenvalue weighted by Gasteiger charge is -2.17. The lowest BCUT2D eigenvalue weighted by atomic mass is 10.1. The summed E-state index contributed by atoms with van der Waals surface area (Å²) in [7, 11) is 4.15. The zero-order chi connectivity index (χ0) is 14.1. The van der Waals surface area contributed by atoms with E-state index in [1.165, 1.54) is 6.42 Å². The molecule has 0 bridgehead atoms. The first kappa shape index (κ1) is 13.1. The summed E-state index contributed by atoms with van der Waals surface area (Å²) in [4.78, 5) is 2.39. The van der Waals surface area contributed by atoms with Crippen LogP contribution >= 0.6 is 0 Å². The molecule has 1 aliphatic heterocycles. The maximum atomic E-state index is 4.21. The van der Waals surface area contributed by atoms with Crippen molar-refractivity contribution in [2.75, 3.05) is 18.9 Å². The Morgan fingerprint density at radius 1 is 1.25 bits per heavy atom. The first-order chi connectivity index (χ1) is 9.65. The SMILES string of the molecule is CC1CC(Nc2ccccc2-c2nncn2C)CN1C. The summed E-state index contributed by atoms with van der Waals surface area (Å²) in [5.74, 6) is 0.896. The van der Waals surface area contributed by atoms with E-state index < -0.39 is 0 Å². The van der Waals surface area contributed by atoms with Crippen LogP contribution in [0.25, 0.3) is 11.4 Å². The highest BCUT2D eigenvalue weighted by Gasteiger charge is 2.26. The van der Waals surface area contributed by atoms with Gasteiger partial charge in [-0.25, -0.2) is 0 Å². The number of nitrogens with one attached hydrogen (secondary N) is 1. The third-order valence-corrected chi connectivity index (χ3v) is 4.13. The Labute approximate surface area is 119 Å². The van der Waals surface area contributed by atoms with Crippen molar-refractivity contribution in [1.82, 2.24) is 19.7 Å². The lowest BCUT2D eigenvalue weighted by Crippen LogP contribution is -2.25. The van der Waals surface area contributed by atoms with Gasteiger partial charge in [0.1, 0.15) is 6.33 Å². The average molecular weight is 271 g/mol. The molecule has 1 aromatic heterocycles. The van der Waals surface area contributed by atoms with Gasteiger partial charge < -0.3 is 14.8 Å². The summed E-state index contributed by atoms with van der Waals surface area (Å²) >= 11 is 0. The maximum Gasteiger partial charge on any atom is 0.165 e. The van der Waals surface area contributed by atoms with Crippen LogP contribution in [0.15, 0.2) is 30.6 Å². The predicted molar refractivity (Wildman–Crippen MR) is 80.6 cm³/mol. The monoisotopic (exact) mass is 271 g/mol. The van der Waals surface area contributed by atoms with Crippen LogP contribution in [0.5, 0.6) is 0 Å². The first-order valence-corrected chi connectivity index (χ1v) is 7.05. The van der Waals surface area contributed by atoms with Crippen molar-refractivity contribution in [2.24, 2.45) is 7.05 Å². The molecule has 0 saturated carbocycles. The molecule has 2 aromatic rings. The molecule has 2 atom stereocenters. The molecule has 20 heavy (non-hydrogen) atoms. The molecule has 1 N–H and O–H groups in total. The molecule has 3 rings (SSSR count). The summed E-state index contributed by atoms with van der Waals surface area (Å²) in [6.45, 7) is 3.35. The number of likely N-dealkylation sites (tertiary alicyclic amines) is 1. The number of aryl methyl sites for hydroxylation is 1. The van der Waals surface area contributed by atoms with Crippen molar-refractivity contribution in [1.29, 1.82) is 0 Å². The molecule has 5 nitrogen and oxygen atoms in total. The van der Waals surface area contributed by atoms with Crippen LogP contribution in [-0.4, -0.2) is 45.3 Å². The molecular weight excluding hydrogens is 250 g/mol. The van der Waals surface area contributed by atoms with Gasteiger partial charge in [0.15, 0.2) is 5.82 Å². The Hall–Kier alpha value is -1.88. The molecule has 0 amide bonds. The lowest BCUT2D eigenvalue weighted by molar-refractivity contribution is 0.330. The number of hydrogen-bond acceptors (Lipinski definition) is 4. The van der Waals surface area contributed by atoms with Crippen LogP contribution in [0.4, 0.5) is 5.69 Å². The number of hydrogen-bond donors (Lipinski definition) is 1. The molecule has 106 valence electrons. The Morgan fingerprint density at radius 2 is 2.05 bits per heavy atom. The predicted octanol–water partition coefficient (Wildman–Crippen LogP) is 1.99. The topological polar surface area (TPSA) is 46.0 Å². The largest absolute Gasteiger partial charge is 0.380 e. The van der Waals surface area contributed by atoms with Gasteiger partial charge in [-0.05, 0) is 32.5 Å². The molecule has 0 spiro atoms. The second kappa shape index (κ2) is 5.25. The van der Waals surface area contributed by atoms with Crippen LogP contribution < -0.4 is 5.32 Å². The Bertz CT molecular complexity index is 581. The van der Waals surface area contributed by atoms with E-state index in [0.717, 1.165) is 23.6 Å². The second-order valence-electron chi connectivity index (χ2n) is 5.68. The van der Waals surface area contributed by atoms with Crippen LogP contribution in [-0.2, 0) is 7.05 Å². The van der Waals surface area contributed by atoms with Crippen molar-refractivity contribution < 1.29 is 0 Å². The van der Waals surface area contributed by atoms with Crippen molar-refractivity contribution >= 4 is 5.69 Å². The van der Waals surface area contributed by atoms with Crippen molar-refractivity contribution in [3.05, 3.63) is 30.6 Å². The van der Waals surface area contributed by atoms with Crippen LogP contribution in [0.3, 0.4) is 0 Å². The summed E-state index contributed by atoms with van der Waals surface area (Å²) in [5, 5.41) is 11.8. The molecule has 2 heterocycles. The van der Waals surface area contributed by atoms with Crippen molar-refractivity contribution in [2.45, 2.75) is 25.4 Å². The molecular formula is C15H21N5. The molecule has 1 fully saturated rings. The molecule has 1 saturated heterocycles. The number of anilines is 1. The van der Waals surface area contributed by atoms with Gasteiger partial charge >= 0.3 is 0 Å². The number of para-hydroxylation sites is 1. The standard InChI is InChI=1S/C15H21N5/c1-11-8-12(9-19(11)2)17-14-7-5-4-6-13(14)15-18-16-10-20(15)3/h4-7,10-12,17H,8-9H2,1-3H3. The minimum atomic E-state index is 0.490. The van der Waals surface area contributed by atoms with E-state index >= 15 is 0 Å². The first-order valence-electron chi connectivity index (χ1n) is 7.05. The summed E-state index contributed by atoms with van der Waals surface area (Å²) in [6.07, 6.45) is 2.90. The van der Waals surface area contributed by atoms with Gasteiger partial charge in [0.05, 0.1) is 0 Å². The summed E-state index contributed by atoms with van der Waals surface area (Å²) < 4.78 is 1.95. The van der Waals surface area contributed by atoms with Gasteiger partial charge in [-0.2, -0.15) is 0 Å². The van der Waals surface area contributed by atoms with E-state index in [1.807, 2.05) is 17.7 Å². The molecule has 1 aromatic carbocycles. The van der Waals surface area contributed by atoms with Crippen LogP contribution in [0.2, 0.25) is 0 Å². The van der Waals surface area contributed by atoms with Gasteiger partial charge in [-0.15, -0.1) is 10.2 Å². The second-order valence-corrected chi connectivity index (χ2v) is 5.68. The summed E-state index contributed by atoms with van der Waals surface area (Å²) in [5.41, 5.74) is 2.24. The molecule has 0 radical (unpaired) electrons. The highest BCUT2D eigenvalue weighted by Crippen LogP contribution is 2.28. The Morgan fingerprint density at radius 3 is 2.70 bits per heavy atom. The van der Waals surface area contributed by atoms with Gasteiger partial charge in [-0.1, -0.05) is 12.1 Å². The molecule has 5 heteroatoms. The Balaban J connectivity index is 1.86. The van der Waals surface area contributed by atoms with Crippen molar-refractivity contribution in [3.8, 4) is 11.4 Å². The van der Waals surface area contributed by atoms with Crippen LogP contribution in [0, 0.1) is 0 Å². The van der Waals surface area contributed by atoms with E-state index in [1.54, 1.807) is 6.33 Å². The van der Waals surface area contributed by atoms with Gasteiger partial charge in [0.25, 0.3) is 0 Å². The molecule has 2 unspecified atom stereocenters. The van der Waals surface area contributed by atoms with Crippen molar-refractivity contribution in [3.63, 3.8) is 0 Å². The average Bonchev–Trinajstić information content (AvgIpc) is 2.97. The van der Waals surface area contributed by atoms with Gasteiger partial charge in [0.2, 0.25) is 0 Å². The van der Waals surface area contributed by atoms with E-state index in [2.05, 4.69) is 52.6 Å². The van der Waals surface area contributed by atoms with E-state index in [9.17, 15) is 0 Å². The fourth-order valence-corrected chi connectivity index (χ4v) is 2.85. The number of aromatic nitrogens is 3. The molecule has 0 aliphatic carbocycles. The minimum Gasteiger partial charge on any atom is -0.380 e. The Kier molecular flexibility index (Phi) is 3.44. The highest BCUT2D eigenvalue weighted by atomic mass is 15.2. The van der Waals surface area contributed by atoms with Gasteiger partial charge in [0, 0.05) is 36.9 Å². The third kappa shape index (κ3) is 2.41. The van der Waals surface area contributed by atoms with E-state index in [-0.39, 0.29) is 0 Å². The van der Waals surface area contributed by atoms with Crippen LogP contribution in [0.1, 0.15) is 13.3 Å². The zero-order valence-corrected chi connectivity index (χ0v) is 12.2. The number of benzene rings is 1. The third-order valence-electron chi connectivity index (χ3n) is 4.13. The van der Waals surface area contributed by atoms with E-state index in [4.69, 9.17) is 0 Å². The summed E-state index contributed by atoms with van der Waals surface area (Å²) in [6, 6.07) is 9.43. The smallest absolute Gasteiger partial charge is 0.165 e. The zero-order valence-electron chi connectivity index (χ0n) is 12.2. The van der Waals surface area contributed by atoms with Gasteiger partial charge in [-0.3, -0.25) is 0 Å².